The van der Waals surface area contributed by atoms with Crippen LogP contribution < -0.4 is 10.1 Å². The van der Waals surface area contributed by atoms with Gasteiger partial charge in [0, 0.05) is 32.4 Å². The Labute approximate surface area is 121 Å². The second kappa shape index (κ2) is 8.24. The van der Waals surface area contributed by atoms with E-state index in [0.717, 1.165) is 25.4 Å². The molecule has 0 unspecified atom stereocenters. The Morgan fingerprint density at radius 3 is 2.70 bits per heavy atom. The number of likely N-dealkylation sites (N-methyl/N-ethyl adjacent to an activating group) is 1. The normalized spacial score (nSPS) is 11.8. The lowest BCUT2D eigenvalue weighted by Crippen LogP contribution is -2.31. The quantitative estimate of drug-likeness (QED) is 0.682. The molecule has 114 valence electrons. The maximum atomic E-state index is 11.0. The van der Waals surface area contributed by atoms with Gasteiger partial charge in [-0.2, -0.15) is 0 Å². The monoisotopic (exact) mass is 300 g/mol. The minimum Gasteiger partial charge on any atom is -0.497 e. The van der Waals surface area contributed by atoms with Gasteiger partial charge in [0.1, 0.15) is 15.6 Å². The largest absolute Gasteiger partial charge is 0.497 e. The van der Waals surface area contributed by atoms with Crippen molar-refractivity contribution in [3.05, 3.63) is 29.8 Å². The third-order valence-corrected chi connectivity index (χ3v) is 3.85. The first kappa shape index (κ1) is 16.9. The predicted octanol–water partition coefficient (Wildman–Crippen LogP) is 0.761. The van der Waals surface area contributed by atoms with Crippen molar-refractivity contribution in [1.82, 2.24) is 10.2 Å². The molecule has 0 bridgehead atoms. The van der Waals surface area contributed by atoms with Gasteiger partial charge in [0.25, 0.3) is 0 Å². The third-order valence-electron chi connectivity index (χ3n) is 2.91. The summed E-state index contributed by atoms with van der Waals surface area (Å²) in [6.07, 6.45) is 1.25. The molecule has 0 aliphatic carbocycles. The molecular formula is C14H24N2O3S. The van der Waals surface area contributed by atoms with Crippen LogP contribution in [0.25, 0.3) is 0 Å². The Balaban J connectivity index is 2.24. The third kappa shape index (κ3) is 7.47. The highest BCUT2D eigenvalue weighted by atomic mass is 32.2. The van der Waals surface area contributed by atoms with Crippen LogP contribution in [0.5, 0.6) is 5.75 Å². The first-order chi connectivity index (χ1) is 9.40. The molecule has 0 fully saturated rings. The number of rotatable bonds is 9. The molecule has 0 spiro atoms. The summed E-state index contributed by atoms with van der Waals surface area (Å²) < 4.78 is 27.1. The van der Waals surface area contributed by atoms with E-state index < -0.39 is 9.84 Å². The van der Waals surface area contributed by atoms with E-state index in [2.05, 4.69) is 16.3 Å². The standard InChI is InChI=1S/C14H24N2O3S/c1-16(9-7-15-8-10-20(3,17)18)12-13-5-4-6-14(11-13)19-2/h4-6,11,15H,7-10,12H2,1-3H3. The molecule has 0 heterocycles. The Kier molecular flexibility index (Phi) is 6.98. The zero-order chi connectivity index (χ0) is 15.0. The number of methoxy groups -OCH3 is 1. The Morgan fingerprint density at radius 1 is 1.30 bits per heavy atom. The molecule has 1 rings (SSSR count). The molecule has 6 heteroatoms. The molecule has 5 nitrogen and oxygen atoms in total. The SMILES string of the molecule is COc1cccc(CN(C)CCNCCS(C)(=O)=O)c1. The number of nitrogens with one attached hydrogen (secondary N) is 1. The highest BCUT2D eigenvalue weighted by molar-refractivity contribution is 7.90. The summed E-state index contributed by atoms with van der Waals surface area (Å²) in [6.45, 7) is 2.98. The number of nitrogens with zero attached hydrogens (tertiary/aromatic N) is 1. The second-order valence-corrected chi connectivity index (χ2v) is 7.23. The summed E-state index contributed by atoms with van der Waals surface area (Å²) in [5.41, 5.74) is 1.20. The van der Waals surface area contributed by atoms with Crippen LogP contribution in [-0.2, 0) is 16.4 Å². The van der Waals surface area contributed by atoms with Gasteiger partial charge in [0.2, 0.25) is 0 Å². The Morgan fingerprint density at radius 2 is 2.05 bits per heavy atom. The van der Waals surface area contributed by atoms with Crippen molar-refractivity contribution < 1.29 is 13.2 Å². The summed E-state index contributed by atoms with van der Waals surface area (Å²) in [5, 5.41) is 3.14. The minimum atomic E-state index is -2.87. The van der Waals surface area contributed by atoms with E-state index in [-0.39, 0.29) is 5.75 Å². The van der Waals surface area contributed by atoms with Crippen molar-refractivity contribution in [2.24, 2.45) is 0 Å². The van der Waals surface area contributed by atoms with Crippen LogP contribution in [0, 0.1) is 0 Å². The lowest BCUT2D eigenvalue weighted by molar-refractivity contribution is 0.325. The van der Waals surface area contributed by atoms with Gasteiger partial charge in [0.05, 0.1) is 12.9 Å². The predicted molar refractivity (Wildman–Crippen MR) is 81.9 cm³/mol. The van der Waals surface area contributed by atoms with Crippen molar-refractivity contribution in [3.8, 4) is 5.75 Å². The average molecular weight is 300 g/mol. The van der Waals surface area contributed by atoms with Crippen LogP contribution in [0.4, 0.5) is 0 Å². The summed E-state index contributed by atoms with van der Waals surface area (Å²) >= 11 is 0. The molecule has 1 aromatic carbocycles. The summed E-state index contributed by atoms with van der Waals surface area (Å²) in [7, 11) is 0.830. The molecule has 0 aliphatic rings. The molecule has 0 saturated carbocycles. The average Bonchev–Trinajstić information content (AvgIpc) is 2.37. The second-order valence-electron chi connectivity index (χ2n) is 4.97. The van der Waals surface area contributed by atoms with E-state index in [4.69, 9.17) is 4.74 Å². The van der Waals surface area contributed by atoms with E-state index >= 15 is 0 Å². The van der Waals surface area contributed by atoms with Gasteiger partial charge in [-0.25, -0.2) is 8.42 Å². The highest BCUT2D eigenvalue weighted by Crippen LogP contribution is 2.13. The van der Waals surface area contributed by atoms with Gasteiger partial charge in [-0.05, 0) is 24.7 Å². The summed E-state index contributed by atoms with van der Waals surface area (Å²) in [4.78, 5) is 2.18. The lowest BCUT2D eigenvalue weighted by atomic mass is 10.2. The van der Waals surface area contributed by atoms with Crippen LogP contribution >= 0.6 is 0 Å². The van der Waals surface area contributed by atoms with Crippen LogP contribution in [0.1, 0.15) is 5.56 Å². The van der Waals surface area contributed by atoms with Gasteiger partial charge in [-0.1, -0.05) is 12.1 Å². The summed E-state index contributed by atoms with van der Waals surface area (Å²) in [5.74, 6) is 1.05. The number of ether oxygens (including phenoxy) is 1. The van der Waals surface area contributed by atoms with Gasteiger partial charge in [-0.15, -0.1) is 0 Å². The Hall–Kier alpha value is -1.11. The molecule has 0 saturated heterocycles. The number of hydrogen-bond donors (Lipinski definition) is 1. The van der Waals surface area contributed by atoms with E-state index in [9.17, 15) is 8.42 Å². The molecule has 0 aliphatic heterocycles. The van der Waals surface area contributed by atoms with Gasteiger partial charge in [-0.3, -0.25) is 0 Å². The molecule has 0 atom stereocenters. The fraction of sp³-hybridized carbons (Fsp3) is 0.571. The van der Waals surface area contributed by atoms with Gasteiger partial charge < -0.3 is 15.0 Å². The maximum absolute atomic E-state index is 11.0. The minimum absolute atomic E-state index is 0.187. The Bertz CT molecular complexity index is 503. The number of benzene rings is 1. The molecule has 1 aromatic rings. The molecule has 1 N–H and O–H groups in total. The van der Waals surface area contributed by atoms with Crippen molar-refractivity contribution in [2.45, 2.75) is 6.54 Å². The van der Waals surface area contributed by atoms with Crippen LogP contribution in [0.3, 0.4) is 0 Å². The highest BCUT2D eigenvalue weighted by Gasteiger charge is 2.03. The first-order valence-corrected chi connectivity index (χ1v) is 8.66. The maximum Gasteiger partial charge on any atom is 0.148 e. The molecule has 20 heavy (non-hydrogen) atoms. The lowest BCUT2D eigenvalue weighted by Gasteiger charge is -2.17. The molecule has 0 radical (unpaired) electrons. The van der Waals surface area contributed by atoms with Gasteiger partial charge >= 0.3 is 0 Å². The fourth-order valence-electron chi connectivity index (χ4n) is 1.81. The van der Waals surface area contributed by atoms with Crippen molar-refractivity contribution in [1.29, 1.82) is 0 Å². The van der Waals surface area contributed by atoms with Crippen LogP contribution in [-0.4, -0.2) is 59.1 Å². The first-order valence-electron chi connectivity index (χ1n) is 6.60. The van der Waals surface area contributed by atoms with E-state index in [1.165, 1.54) is 11.8 Å². The van der Waals surface area contributed by atoms with Crippen molar-refractivity contribution in [2.75, 3.05) is 45.8 Å². The van der Waals surface area contributed by atoms with E-state index in [0.29, 0.717) is 6.54 Å². The fourth-order valence-corrected chi connectivity index (χ4v) is 2.33. The topological polar surface area (TPSA) is 58.6 Å². The number of sulfone groups is 1. The van der Waals surface area contributed by atoms with Crippen molar-refractivity contribution in [3.63, 3.8) is 0 Å². The zero-order valence-corrected chi connectivity index (χ0v) is 13.2. The molecule has 0 amide bonds. The van der Waals surface area contributed by atoms with E-state index in [1.807, 2.05) is 25.2 Å². The summed E-state index contributed by atoms with van der Waals surface area (Å²) in [6, 6.07) is 7.99. The number of hydrogen-bond acceptors (Lipinski definition) is 5. The smallest absolute Gasteiger partial charge is 0.148 e. The van der Waals surface area contributed by atoms with Crippen molar-refractivity contribution >= 4 is 9.84 Å². The van der Waals surface area contributed by atoms with Crippen LogP contribution in [0.15, 0.2) is 24.3 Å². The van der Waals surface area contributed by atoms with E-state index in [1.54, 1.807) is 7.11 Å². The molecular weight excluding hydrogens is 276 g/mol. The van der Waals surface area contributed by atoms with Crippen LogP contribution in [0.2, 0.25) is 0 Å². The van der Waals surface area contributed by atoms with Gasteiger partial charge in [0.15, 0.2) is 0 Å². The molecule has 0 aromatic heterocycles. The zero-order valence-electron chi connectivity index (χ0n) is 12.4.